The molecule has 2 amide bonds. The molecule has 132 valence electrons. The van der Waals surface area contributed by atoms with Crippen molar-refractivity contribution in [3.05, 3.63) is 69.2 Å². The van der Waals surface area contributed by atoms with Crippen molar-refractivity contribution in [1.82, 2.24) is 16.0 Å². The molecule has 2 aromatic carbocycles. The second kappa shape index (κ2) is 9.42. The van der Waals surface area contributed by atoms with Crippen LogP contribution in [-0.2, 0) is 6.54 Å². The standard InChI is InChI=1S/C18H19Cl2N3O2/c1-21-17(24)13-4-2-12(3-5-13)11-22-8-9-23-18(25)14-6-7-15(19)16(20)10-14/h2-7,10,22H,8-9,11H2,1H3,(H,21,24)(H,23,25). The third kappa shape index (κ3) is 5.74. The normalized spacial score (nSPS) is 10.4. The van der Waals surface area contributed by atoms with Gasteiger partial charge in [-0.05, 0) is 35.9 Å². The molecule has 0 heterocycles. The van der Waals surface area contributed by atoms with Gasteiger partial charge in [0.05, 0.1) is 10.0 Å². The molecule has 0 aliphatic heterocycles. The average Bonchev–Trinajstić information content (AvgIpc) is 2.63. The zero-order valence-corrected chi connectivity index (χ0v) is 15.2. The average molecular weight is 380 g/mol. The summed E-state index contributed by atoms with van der Waals surface area (Å²) < 4.78 is 0. The van der Waals surface area contributed by atoms with E-state index in [1.54, 1.807) is 37.4 Å². The molecule has 25 heavy (non-hydrogen) atoms. The largest absolute Gasteiger partial charge is 0.355 e. The van der Waals surface area contributed by atoms with Crippen molar-refractivity contribution in [2.24, 2.45) is 0 Å². The van der Waals surface area contributed by atoms with Crippen LogP contribution < -0.4 is 16.0 Å². The highest BCUT2D eigenvalue weighted by molar-refractivity contribution is 6.42. The van der Waals surface area contributed by atoms with Gasteiger partial charge in [-0.15, -0.1) is 0 Å². The topological polar surface area (TPSA) is 70.2 Å². The number of carbonyl (C=O) groups excluding carboxylic acids is 2. The minimum atomic E-state index is -0.199. The fourth-order valence-electron chi connectivity index (χ4n) is 2.15. The van der Waals surface area contributed by atoms with Crippen molar-refractivity contribution in [3.8, 4) is 0 Å². The predicted octanol–water partition coefficient (Wildman–Crippen LogP) is 2.87. The molecule has 0 radical (unpaired) electrons. The van der Waals surface area contributed by atoms with E-state index in [0.717, 1.165) is 5.56 Å². The van der Waals surface area contributed by atoms with Crippen LogP contribution in [0.25, 0.3) is 0 Å². The first kappa shape index (κ1) is 19.2. The molecule has 3 N–H and O–H groups in total. The summed E-state index contributed by atoms with van der Waals surface area (Å²) in [5.74, 6) is -0.306. The van der Waals surface area contributed by atoms with Gasteiger partial charge < -0.3 is 16.0 Å². The summed E-state index contributed by atoms with van der Waals surface area (Å²) in [6.07, 6.45) is 0. The molecule has 0 spiro atoms. The van der Waals surface area contributed by atoms with E-state index in [0.29, 0.717) is 40.8 Å². The molecular formula is C18H19Cl2N3O2. The van der Waals surface area contributed by atoms with E-state index in [2.05, 4.69) is 16.0 Å². The van der Waals surface area contributed by atoms with Crippen LogP contribution in [0.2, 0.25) is 10.0 Å². The molecule has 2 rings (SSSR count). The highest BCUT2D eigenvalue weighted by Crippen LogP contribution is 2.22. The quantitative estimate of drug-likeness (QED) is 0.647. The summed E-state index contributed by atoms with van der Waals surface area (Å²) in [5.41, 5.74) is 2.16. The summed E-state index contributed by atoms with van der Waals surface area (Å²) >= 11 is 11.7. The fourth-order valence-corrected chi connectivity index (χ4v) is 2.45. The first-order valence-corrected chi connectivity index (χ1v) is 8.52. The maximum Gasteiger partial charge on any atom is 0.251 e. The summed E-state index contributed by atoms with van der Waals surface area (Å²) in [6.45, 7) is 1.75. The molecule has 7 heteroatoms. The molecule has 0 aromatic heterocycles. The summed E-state index contributed by atoms with van der Waals surface area (Å²) in [6, 6.07) is 12.1. The van der Waals surface area contributed by atoms with Crippen LogP contribution in [0.1, 0.15) is 26.3 Å². The van der Waals surface area contributed by atoms with Crippen molar-refractivity contribution in [2.75, 3.05) is 20.1 Å². The SMILES string of the molecule is CNC(=O)c1ccc(CNCCNC(=O)c2ccc(Cl)c(Cl)c2)cc1. The van der Waals surface area contributed by atoms with Gasteiger partial charge >= 0.3 is 0 Å². The Bertz CT molecular complexity index is 748. The second-order valence-electron chi connectivity index (χ2n) is 5.34. The number of hydrogen-bond acceptors (Lipinski definition) is 3. The molecule has 5 nitrogen and oxygen atoms in total. The highest BCUT2D eigenvalue weighted by atomic mass is 35.5. The summed E-state index contributed by atoms with van der Waals surface area (Å²) in [5, 5.41) is 9.39. The van der Waals surface area contributed by atoms with E-state index >= 15 is 0 Å². The van der Waals surface area contributed by atoms with Crippen molar-refractivity contribution in [3.63, 3.8) is 0 Å². The fraction of sp³-hybridized carbons (Fsp3) is 0.222. The zero-order chi connectivity index (χ0) is 18.2. The van der Waals surface area contributed by atoms with E-state index in [1.807, 2.05) is 12.1 Å². The number of hydrogen-bond donors (Lipinski definition) is 3. The Hall–Kier alpha value is -2.08. The van der Waals surface area contributed by atoms with Crippen LogP contribution in [-0.4, -0.2) is 32.0 Å². The monoisotopic (exact) mass is 379 g/mol. The van der Waals surface area contributed by atoms with Gasteiger partial charge in [-0.3, -0.25) is 9.59 Å². The lowest BCUT2D eigenvalue weighted by Crippen LogP contribution is -2.31. The summed E-state index contributed by atoms with van der Waals surface area (Å²) in [7, 11) is 1.60. The van der Waals surface area contributed by atoms with E-state index in [1.165, 1.54) is 0 Å². The molecule has 0 aliphatic carbocycles. The van der Waals surface area contributed by atoms with E-state index in [4.69, 9.17) is 23.2 Å². The number of halogens is 2. The van der Waals surface area contributed by atoms with Gasteiger partial charge in [0.15, 0.2) is 0 Å². The number of carbonyl (C=O) groups is 2. The van der Waals surface area contributed by atoms with E-state index in [-0.39, 0.29) is 11.8 Å². The second-order valence-corrected chi connectivity index (χ2v) is 6.15. The molecule has 0 saturated heterocycles. The number of benzene rings is 2. The van der Waals surface area contributed by atoms with Crippen molar-refractivity contribution in [2.45, 2.75) is 6.54 Å². The maximum atomic E-state index is 12.0. The molecule has 0 fully saturated rings. The zero-order valence-electron chi connectivity index (χ0n) is 13.7. The Labute approximate surface area is 156 Å². The van der Waals surface area contributed by atoms with Crippen LogP contribution >= 0.6 is 23.2 Å². The van der Waals surface area contributed by atoms with Gasteiger partial charge in [0.25, 0.3) is 11.8 Å². The first-order valence-electron chi connectivity index (χ1n) is 7.76. The van der Waals surface area contributed by atoms with Gasteiger partial charge in [0.1, 0.15) is 0 Å². The van der Waals surface area contributed by atoms with E-state index < -0.39 is 0 Å². The van der Waals surface area contributed by atoms with Crippen LogP contribution in [0, 0.1) is 0 Å². The number of amides is 2. The van der Waals surface area contributed by atoms with Crippen LogP contribution in [0.5, 0.6) is 0 Å². The lowest BCUT2D eigenvalue weighted by Gasteiger charge is -2.08. The highest BCUT2D eigenvalue weighted by Gasteiger charge is 2.07. The molecule has 0 atom stereocenters. The first-order chi connectivity index (χ1) is 12.0. The third-order valence-electron chi connectivity index (χ3n) is 3.54. The maximum absolute atomic E-state index is 12.0. The van der Waals surface area contributed by atoms with E-state index in [9.17, 15) is 9.59 Å². The Balaban J connectivity index is 1.71. The summed E-state index contributed by atoms with van der Waals surface area (Å²) in [4.78, 5) is 23.5. The lowest BCUT2D eigenvalue weighted by atomic mass is 10.1. The van der Waals surface area contributed by atoms with Gasteiger partial charge in [-0.25, -0.2) is 0 Å². The minimum Gasteiger partial charge on any atom is -0.355 e. The predicted molar refractivity (Wildman–Crippen MR) is 100 cm³/mol. The molecule has 0 unspecified atom stereocenters. The number of nitrogens with one attached hydrogen (secondary N) is 3. The minimum absolute atomic E-state index is 0.107. The Kier molecular flexibility index (Phi) is 7.25. The Morgan fingerprint density at radius 3 is 2.20 bits per heavy atom. The van der Waals surface area contributed by atoms with Crippen molar-refractivity contribution in [1.29, 1.82) is 0 Å². The van der Waals surface area contributed by atoms with Crippen molar-refractivity contribution >= 4 is 35.0 Å². The van der Waals surface area contributed by atoms with Crippen LogP contribution in [0.15, 0.2) is 42.5 Å². The lowest BCUT2D eigenvalue weighted by molar-refractivity contribution is 0.0949. The van der Waals surface area contributed by atoms with Gasteiger partial charge in [0, 0.05) is 37.8 Å². The number of rotatable bonds is 7. The smallest absolute Gasteiger partial charge is 0.251 e. The molecular weight excluding hydrogens is 361 g/mol. The van der Waals surface area contributed by atoms with Gasteiger partial charge in [-0.2, -0.15) is 0 Å². The van der Waals surface area contributed by atoms with Gasteiger partial charge in [0.2, 0.25) is 0 Å². The molecule has 0 saturated carbocycles. The molecule has 2 aromatic rings. The van der Waals surface area contributed by atoms with Crippen LogP contribution in [0.4, 0.5) is 0 Å². The van der Waals surface area contributed by atoms with Gasteiger partial charge in [-0.1, -0.05) is 35.3 Å². The Morgan fingerprint density at radius 2 is 1.56 bits per heavy atom. The Morgan fingerprint density at radius 1 is 0.880 bits per heavy atom. The molecule has 0 bridgehead atoms. The van der Waals surface area contributed by atoms with Crippen molar-refractivity contribution < 1.29 is 9.59 Å². The van der Waals surface area contributed by atoms with Crippen LogP contribution in [0.3, 0.4) is 0 Å². The third-order valence-corrected chi connectivity index (χ3v) is 4.28. The molecule has 0 aliphatic rings.